The molecule has 1 saturated heterocycles. The second-order valence-corrected chi connectivity index (χ2v) is 13.7. The van der Waals surface area contributed by atoms with Gasteiger partial charge in [0.1, 0.15) is 6.61 Å². The molecule has 0 unspecified atom stereocenters. The summed E-state index contributed by atoms with van der Waals surface area (Å²) in [6.45, 7) is 4.27. The number of allylic oxidation sites excluding steroid dienone is 4. The molecule has 3 N–H and O–H groups in total. The number of hydrogen-bond acceptors (Lipinski definition) is 7. The number of hydrogen-bond donors (Lipinski definition) is 3. The Morgan fingerprint density at radius 1 is 1.16 bits per heavy atom. The molecule has 1 aliphatic heterocycles. The average Bonchev–Trinajstić information content (AvgIpc) is 3.66. The molecular formula is C35H41NO7. The van der Waals surface area contributed by atoms with Crippen LogP contribution in [0.1, 0.15) is 62.5 Å². The van der Waals surface area contributed by atoms with Crippen molar-refractivity contribution in [1.82, 2.24) is 4.57 Å². The smallest absolute Gasteiger partial charge is 0.193 e. The third kappa shape index (κ3) is 4.21. The summed E-state index contributed by atoms with van der Waals surface area (Å²) in [5, 5.41) is 31.3. The summed E-state index contributed by atoms with van der Waals surface area (Å²) in [6.07, 6.45) is 10.5. The molecule has 7 rings (SSSR count). The van der Waals surface area contributed by atoms with Crippen LogP contribution in [0.25, 0.3) is 0 Å². The van der Waals surface area contributed by atoms with Crippen molar-refractivity contribution >= 4 is 11.6 Å². The number of Topliss-reactive ketones (excluding diaryl/α,β-unsaturated/α-hetero) is 1. The van der Waals surface area contributed by atoms with Gasteiger partial charge in [-0.25, -0.2) is 0 Å². The lowest BCUT2D eigenvalue weighted by atomic mass is 9.46. The molecule has 228 valence electrons. The van der Waals surface area contributed by atoms with Gasteiger partial charge in [-0.2, -0.15) is 0 Å². The van der Waals surface area contributed by atoms with E-state index in [9.17, 15) is 24.9 Å². The molecule has 0 spiro atoms. The number of aliphatic hydroxyl groups is 3. The van der Waals surface area contributed by atoms with Gasteiger partial charge in [0.25, 0.3) is 0 Å². The topological polar surface area (TPSA) is 118 Å². The zero-order valence-electron chi connectivity index (χ0n) is 24.8. The standard InChI is InChI=1S/C35H41NO7/c1-33-11-8-25(39)15-24(33)6-7-26-27-16-30-35(29(41)20-38,34(27,2)17-28(40)31(26)33)43-32(42-30)23-9-12-36(19-23)18-22-5-3-4-21(14-22)10-13-37/h3-5,8-9,11-12,14-15,19,26-28,30-32,37-38,40H,6-7,10,13,16-18,20H2,1-2H3/t26-,27-,28-,30+,31+,32+,33-,34-,35+/m0/s1. The van der Waals surface area contributed by atoms with E-state index < -0.39 is 41.5 Å². The molecule has 4 fully saturated rings. The molecule has 0 bridgehead atoms. The van der Waals surface area contributed by atoms with E-state index in [1.165, 1.54) is 0 Å². The van der Waals surface area contributed by atoms with Gasteiger partial charge in [-0.1, -0.05) is 49.8 Å². The van der Waals surface area contributed by atoms with E-state index in [2.05, 4.69) is 26.0 Å². The Kier molecular flexibility index (Phi) is 6.95. The van der Waals surface area contributed by atoms with Crippen LogP contribution >= 0.6 is 0 Å². The summed E-state index contributed by atoms with van der Waals surface area (Å²) < 4.78 is 15.3. The maximum atomic E-state index is 13.8. The number of carbonyl (C=O) groups excluding carboxylic acids is 2. The van der Waals surface area contributed by atoms with Gasteiger partial charge in [0.2, 0.25) is 0 Å². The van der Waals surface area contributed by atoms with Crippen LogP contribution < -0.4 is 0 Å². The van der Waals surface area contributed by atoms with Crippen molar-refractivity contribution in [3.8, 4) is 0 Å². The second-order valence-electron chi connectivity index (χ2n) is 13.7. The normalized spacial score (nSPS) is 39.6. The first-order valence-corrected chi connectivity index (χ1v) is 15.6. The van der Waals surface area contributed by atoms with Crippen molar-refractivity contribution in [3.63, 3.8) is 0 Å². The summed E-state index contributed by atoms with van der Waals surface area (Å²) in [6, 6.07) is 10.1. The largest absolute Gasteiger partial charge is 0.396 e. The quantitative estimate of drug-likeness (QED) is 0.453. The highest BCUT2D eigenvalue weighted by Crippen LogP contribution is 2.70. The molecular weight excluding hydrogens is 546 g/mol. The molecule has 2 heterocycles. The van der Waals surface area contributed by atoms with Crippen LogP contribution in [-0.2, 0) is 32.0 Å². The third-order valence-electron chi connectivity index (χ3n) is 11.6. The van der Waals surface area contributed by atoms with Gasteiger partial charge in [-0.05, 0) is 73.3 Å². The molecule has 1 aromatic carbocycles. The fourth-order valence-electron chi connectivity index (χ4n) is 9.75. The van der Waals surface area contributed by atoms with Crippen molar-refractivity contribution < 1.29 is 34.4 Å². The SMILES string of the molecule is C[C@]12C=CC(=O)C=C1CC[C@@H]1[C@@H]2[C@@H](O)C[C@@]2(C)[C@H]1C[C@H]1O[C@@H](c3ccn(Cc4cccc(CCO)c4)c3)O[C@]12C(=O)CO. The number of aromatic nitrogens is 1. The van der Waals surface area contributed by atoms with E-state index in [1.54, 1.807) is 12.2 Å². The molecule has 8 nitrogen and oxygen atoms in total. The Hall–Kier alpha value is -2.88. The van der Waals surface area contributed by atoms with Gasteiger partial charge < -0.3 is 29.4 Å². The Labute approximate surface area is 252 Å². The summed E-state index contributed by atoms with van der Waals surface area (Å²) >= 11 is 0. The van der Waals surface area contributed by atoms with Crippen molar-refractivity contribution in [2.24, 2.45) is 28.6 Å². The number of ether oxygens (including phenoxy) is 2. The first-order valence-electron chi connectivity index (χ1n) is 15.6. The number of nitrogens with zero attached hydrogens (tertiary/aromatic N) is 1. The van der Waals surface area contributed by atoms with Gasteiger partial charge in [0.15, 0.2) is 23.5 Å². The summed E-state index contributed by atoms with van der Waals surface area (Å²) in [5.74, 6) is -0.281. The highest BCUT2D eigenvalue weighted by atomic mass is 16.7. The second kappa shape index (κ2) is 10.3. The highest BCUT2D eigenvalue weighted by Gasteiger charge is 2.75. The highest BCUT2D eigenvalue weighted by molar-refractivity contribution is 6.01. The van der Waals surface area contributed by atoms with Crippen LogP contribution in [0.2, 0.25) is 0 Å². The summed E-state index contributed by atoms with van der Waals surface area (Å²) in [4.78, 5) is 25.9. The predicted octanol–water partition coefficient (Wildman–Crippen LogP) is 3.67. The zero-order chi connectivity index (χ0) is 30.1. The van der Waals surface area contributed by atoms with Gasteiger partial charge in [-0.3, -0.25) is 9.59 Å². The molecule has 2 aromatic rings. The minimum Gasteiger partial charge on any atom is -0.396 e. The van der Waals surface area contributed by atoms with Crippen LogP contribution in [0.5, 0.6) is 0 Å². The monoisotopic (exact) mass is 587 g/mol. The van der Waals surface area contributed by atoms with E-state index in [1.807, 2.05) is 41.2 Å². The molecule has 9 atom stereocenters. The van der Waals surface area contributed by atoms with E-state index >= 15 is 0 Å². The van der Waals surface area contributed by atoms with Crippen molar-refractivity contribution in [1.29, 1.82) is 0 Å². The lowest BCUT2D eigenvalue weighted by Crippen LogP contribution is -2.63. The van der Waals surface area contributed by atoms with Gasteiger partial charge in [0.05, 0.1) is 12.2 Å². The number of benzene rings is 1. The van der Waals surface area contributed by atoms with Crippen LogP contribution in [0, 0.1) is 28.6 Å². The first kappa shape index (κ1) is 28.9. The number of aliphatic hydroxyl groups excluding tert-OH is 3. The van der Waals surface area contributed by atoms with E-state index in [-0.39, 0.29) is 35.9 Å². The fourth-order valence-corrected chi connectivity index (χ4v) is 9.75. The minimum absolute atomic E-state index is 0.000784. The zero-order valence-corrected chi connectivity index (χ0v) is 24.8. The minimum atomic E-state index is -1.36. The number of ketones is 2. The predicted molar refractivity (Wildman–Crippen MR) is 158 cm³/mol. The van der Waals surface area contributed by atoms with E-state index in [4.69, 9.17) is 9.47 Å². The Morgan fingerprint density at radius 2 is 1.98 bits per heavy atom. The van der Waals surface area contributed by atoms with Crippen molar-refractivity contribution in [2.45, 2.75) is 76.6 Å². The maximum absolute atomic E-state index is 13.8. The molecule has 1 aromatic heterocycles. The molecule has 0 radical (unpaired) electrons. The van der Waals surface area contributed by atoms with Crippen LogP contribution in [-0.4, -0.2) is 62.5 Å². The molecule has 4 aliphatic carbocycles. The third-order valence-corrected chi connectivity index (χ3v) is 11.6. The lowest BCUT2D eigenvalue weighted by Gasteiger charge is -2.59. The summed E-state index contributed by atoms with van der Waals surface area (Å²) in [7, 11) is 0. The van der Waals surface area contributed by atoms with Gasteiger partial charge in [-0.15, -0.1) is 0 Å². The van der Waals surface area contributed by atoms with Crippen LogP contribution in [0.15, 0.2) is 66.5 Å². The number of carbonyl (C=O) groups is 2. The summed E-state index contributed by atoms with van der Waals surface area (Å²) in [5.41, 5.74) is 1.58. The fraction of sp³-hybridized carbons (Fsp3) is 0.543. The molecule has 0 amide bonds. The van der Waals surface area contributed by atoms with Crippen LogP contribution in [0.3, 0.4) is 0 Å². The number of rotatable bonds is 7. The van der Waals surface area contributed by atoms with Crippen molar-refractivity contribution in [2.75, 3.05) is 13.2 Å². The molecule has 3 saturated carbocycles. The lowest BCUT2D eigenvalue weighted by molar-refractivity contribution is -0.201. The van der Waals surface area contributed by atoms with Gasteiger partial charge >= 0.3 is 0 Å². The van der Waals surface area contributed by atoms with Crippen LogP contribution in [0.4, 0.5) is 0 Å². The number of fused-ring (bicyclic) bond motifs is 7. The molecule has 8 heteroatoms. The maximum Gasteiger partial charge on any atom is 0.193 e. The molecule has 5 aliphatic rings. The van der Waals surface area contributed by atoms with E-state index in [0.717, 1.165) is 35.1 Å². The Balaban J connectivity index is 1.17. The Morgan fingerprint density at radius 3 is 2.77 bits per heavy atom. The first-order chi connectivity index (χ1) is 20.6. The Bertz CT molecular complexity index is 1510. The van der Waals surface area contributed by atoms with E-state index in [0.29, 0.717) is 25.8 Å². The average molecular weight is 588 g/mol. The van der Waals surface area contributed by atoms with Gasteiger partial charge in [0, 0.05) is 47.9 Å². The van der Waals surface area contributed by atoms with Crippen molar-refractivity contribution in [3.05, 3.63) is 83.2 Å². The molecule has 43 heavy (non-hydrogen) atoms.